The van der Waals surface area contributed by atoms with Crippen LogP contribution < -0.4 is 4.90 Å². The predicted molar refractivity (Wildman–Crippen MR) is 156 cm³/mol. The Bertz CT molecular complexity index is 900. The molecule has 1 aromatic rings. The lowest BCUT2D eigenvalue weighted by atomic mass is 9.89. The molecule has 1 aromatic carbocycles. The van der Waals surface area contributed by atoms with E-state index in [4.69, 9.17) is 0 Å². The van der Waals surface area contributed by atoms with E-state index in [9.17, 15) is 8.42 Å². The van der Waals surface area contributed by atoms with Crippen LogP contribution in [0.3, 0.4) is 0 Å². The largest absolute Gasteiger partial charge is 0.378 e. The van der Waals surface area contributed by atoms with Gasteiger partial charge in [-0.25, -0.2) is 4.31 Å². The molecule has 7 nitrogen and oxygen atoms in total. The summed E-state index contributed by atoms with van der Waals surface area (Å²) in [5.74, 6) is 0.812. The van der Waals surface area contributed by atoms with E-state index in [0.29, 0.717) is 26.2 Å². The van der Waals surface area contributed by atoms with Crippen molar-refractivity contribution < 1.29 is 8.42 Å². The minimum absolute atomic E-state index is 0.609. The summed E-state index contributed by atoms with van der Waals surface area (Å²) in [5.41, 5.74) is 1.21. The van der Waals surface area contributed by atoms with Crippen molar-refractivity contribution in [3.63, 3.8) is 0 Å². The second-order valence-electron chi connectivity index (χ2n) is 11.3. The Hall–Kier alpha value is -0.840. The second kappa shape index (κ2) is 14.5. The van der Waals surface area contributed by atoms with Gasteiger partial charge in [0, 0.05) is 70.5 Å². The topological polar surface area (TPSA) is 50.3 Å². The summed E-state index contributed by atoms with van der Waals surface area (Å²) in [6.07, 6.45) is 11.8. The minimum atomic E-state index is -3.37. The van der Waals surface area contributed by atoms with Crippen molar-refractivity contribution in [2.75, 3.05) is 77.9 Å². The summed E-state index contributed by atoms with van der Waals surface area (Å²) in [4.78, 5) is 6.02. The number of rotatable bonds is 7. The molecule has 0 amide bonds. The van der Waals surface area contributed by atoms with E-state index >= 15 is 0 Å². The Morgan fingerprint density at radius 3 is 1.86 bits per heavy atom. The van der Waals surface area contributed by atoms with Gasteiger partial charge in [0.2, 0.25) is 0 Å². The van der Waals surface area contributed by atoms with E-state index in [1.165, 1.54) is 49.2 Å². The van der Waals surface area contributed by atoms with Gasteiger partial charge in [-0.3, -0.25) is 0 Å². The van der Waals surface area contributed by atoms with Crippen LogP contribution in [0.2, 0.25) is 0 Å². The molecule has 9 heteroatoms. The van der Waals surface area contributed by atoms with Gasteiger partial charge >= 0.3 is 0 Å². The highest BCUT2D eigenvalue weighted by Gasteiger charge is 2.31. The summed E-state index contributed by atoms with van der Waals surface area (Å²) in [6.45, 7) is 7.81. The monoisotopic (exact) mass is 551 g/mol. The van der Waals surface area contributed by atoms with Gasteiger partial charge in [0.15, 0.2) is 0 Å². The molecule has 37 heavy (non-hydrogen) atoms. The summed E-state index contributed by atoms with van der Waals surface area (Å²) in [7, 11) is 0.772. The average Bonchev–Trinajstić information content (AvgIpc) is 3.43. The average molecular weight is 552 g/mol. The van der Waals surface area contributed by atoms with Gasteiger partial charge in [-0.05, 0) is 100 Å². The molecule has 0 aromatic heterocycles. The second-order valence-corrected chi connectivity index (χ2v) is 14.4. The zero-order valence-corrected chi connectivity index (χ0v) is 24.8. The highest BCUT2D eigenvalue weighted by Crippen LogP contribution is 2.27. The number of hydrogen-bond acceptors (Lipinski definition) is 6. The van der Waals surface area contributed by atoms with E-state index in [1.807, 2.05) is 11.9 Å². The first-order chi connectivity index (χ1) is 17.9. The third kappa shape index (κ3) is 8.83. The van der Waals surface area contributed by atoms with Gasteiger partial charge < -0.3 is 9.80 Å². The van der Waals surface area contributed by atoms with Crippen molar-refractivity contribution in [1.82, 2.24) is 17.8 Å². The highest BCUT2D eigenvalue weighted by molar-refractivity contribution is 7.97. The summed E-state index contributed by atoms with van der Waals surface area (Å²) >= 11 is 1.82. The van der Waals surface area contributed by atoms with Gasteiger partial charge in [-0.1, -0.05) is 19.3 Å². The number of anilines is 1. The normalized spacial score (nSPS) is 23.5. The maximum atomic E-state index is 13.5. The van der Waals surface area contributed by atoms with E-state index in [-0.39, 0.29) is 0 Å². The van der Waals surface area contributed by atoms with Crippen LogP contribution in [-0.2, 0) is 10.2 Å². The summed E-state index contributed by atoms with van der Waals surface area (Å²) in [6, 6.07) is 8.76. The van der Waals surface area contributed by atoms with Gasteiger partial charge in [0.1, 0.15) is 0 Å². The SMILES string of the molecule is CN(C)c1ccc(SN2CCCN(CC3CCCCC3)CCCN(S(=O)(=O)N3CCCC3)CCC2)cc1. The van der Waals surface area contributed by atoms with Crippen molar-refractivity contribution in [1.29, 1.82) is 0 Å². The molecule has 0 unspecified atom stereocenters. The Labute approximate surface area is 230 Å². The number of nitrogens with zero attached hydrogens (tertiary/aromatic N) is 5. The standard InChI is InChI=1S/C28H49N5O2S2/c1-29(2)27-13-15-28(16-14-27)36-31-19-8-17-30(25-26-11-4-3-5-12-26)18-9-23-33(24-10-20-31)37(34,35)32-21-6-7-22-32/h13-16,26H,3-12,17-25H2,1-2H3. The third-order valence-electron chi connectivity index (χ3n) is 8.13. The van der Waals surface area contributed by atoms with E-state index in [2.05, 4.69) is 52.5 Å². The maximum Gasteiger partial charge on any atom is 0.281 e. The lowest BCUT2D eigenvalue weighted by molar-refractivity contribution is 0.186. The van der Waals surface area contributed by atoms with Crippen LogP contribution >= 0.6 is 11.9 Å². The zero-order valence-electron chi connectivity index (χ0n) is 23.2. The molecular weight excluding hydrogens is 502 g/mol. The van der Waals surface area contributed by atoms with Gasteiger partial charge in [-0.2, -0.15) is 17.0 Å². The van der Waals surface area contributed by atoms with Crippen LogP contribution in [0.15, 0.2) is 29.2 Å². The highest BCUT2D eigenvalue weighted by atomic mass is 32.2. The first-order valence-corrected chi connectivity index (χ1v) is 16.8. The Morgan fingerprint density at radius 1 is 0.730 bits per heavy atom. The molecule has 1 saturated carbocycles. The molecule has 2 heterocycles. The van der Waals surface area contributed by atoms with Gasteiger partial charge in [0.05, 0.1) is 0 Å². The quantitative estimate of drug-likeness (QED) is 0.455. The number of hydrogen-bond donors (Lipinski definition) is 0. The van der Waals surface area contributed by atoms with Crippen LogP contribution in [-0.4, -0.2) is 99.2 Å². The maximum absolute atomic E-state index is 13.5. The molecule has 0 N–H and O–H groups in total. The molecule has 2 saturated heterocycles. The van der Waals surface area contributed by atoms with Crippen LogP contribution in [0, 0.1) is 5.92 Å². The lowest BCUT2D eigenvalue weighted by Crippen LogP contribution is -2.45. The van der Waals surface area contributed by atoms with Crippen LogP contribution in [0.5, 0.6) is 0 Å². The van der Waals surface area contributed by atoms with Gasteiger partial charge in [0.25, 0.3) is 10.2 Å². The molecule has 0 radical (unpaired) electrons. The Kier molecular flexibility index (Phi) is 11.4. The fourth-order valence-electron chi connectivity index (χ4n) is 5.98. The molecule has 3 aliphatic rings. The summed E-state index contributed by atoms with van der Waals surface area (Å²) in [5, 5.41) is 0. The fourth-order valence-corrected chi connectivity index (χ4v) is 8.74. The lowest BCUT2D eigenvalue weighted by Gasteiger charge is -2.33. The Balaban J connectivity index is 1.43. The third-order valence-corrected chi connectivity index (χ3v) is 11.3. The first-order valence-electron chi connectivity index (χ1n) is 14.6. The molecule has 4 rings (SSSR count). The Morgan fingerprint density at radius 2 is 1.27 bits per heavy atom. The molecule has 0 atom stereocenters. The zero-order chi connectivity index (χ0) is 26.1. The number of benzene rings is 1. The minimum Gasteiger partial charge on any atom is -0.378 e. The van der Waals surface area contributed by atoms with Gasteiger partial charge in [-0.15, -0.1) is 0 Å². The van der Waals surface area contributed by atoms with Crippen molar-refractivity contribution in [3.05, 3.63) is 24.3 Å². The van der Waals surface area contributed by atoms with Crippen molar-refractivity contribution >= 4 is 27.8 Å². The molecule has 1 aliphatic carbocycles. The van der Waals surface area contributed by atoms with Crippen molar-refractivity contribution in [2.45, 2.75) is 69.1 Å². The first kappa shape index (κ1) is 29.2. The molecule has 0 spiro atoms. The molecule has 0 bridgehead atoms. The van der Waals surface area contributed by atoms with Crippen LogP contribution in [0.25, 0.3) is 0 Å². The van der Waals surface area contributed by atoms with Crippen LogP contribution in [0.4, 0.5) is 5.69 Å². The van der Waals surface area contributed by atoms with Crippen molar-refractivity contribution in [2.24, 2.45) is 5.92 Å². The van der Waals surface area contributed by atoms with Crippen molar-refractivity contribution in [3.8, 4) is 0 Å². The molecule has 3 fully saturated rings. The van der Waals surface area contributed by atoms with E-state index in [1.54, 1.807) is 8.61 Å². The predicted octanol–water partition coefficient (Wildman–Crippen LogP) is 4.77. The smallest absolute Gasteiger partial charge is 0.281 e. The molecular formula is C28H49N5O2S2. The van der Waals surface area contributed by atoms with Crippen LogP contribution in [0.1, 0.15) is 64.2 Å². The fraction of sp³-hybridized carbons (Fsp3) is 0.786. The summed E-state index contributed by atoms with van der Waals surface area (Å²) < 4.78 is 32.9. The van der Waals surface area contributed by atoms with E-state index < -0.39 is 10.2 Å². The molecule has 2 aliphatic heterocycles. The molecule has 210 valence electrons. The van der Waals surface area contributed by atoms with E-state index in [0.717, 1.165) is 64.2 Å².